The van der Waals surface area contributed by atoms with Gasteiger partial charge in [0.15, 0.2) is 0 Å². The van der Waals surface area contributed by atoms with E-state index in [4.69, 9.17) is 0 Å². The van der Waals surface area contributed by atoms with E-state index in [1.165, 1.54) is 0 Å². The normalized spacial score (nSPS) is 12.1. The van der Waals surface area contributed by atoms with Crippen LogP contribution in [0.3, 0.4) is 0 Å². The monoisotopic (exact) mass is 337 g/mol. The molecule has 3 aromatic rings. The number of hydrogen-bond acceptors (Lipinski definition) is 3. The predicted octanol–water partition coefficient (Wildman–Crippen LogP) is 2.95. The Balaban J connectivity index is 1.65. The van der Waals surface area contributed by atoms with Crippen LogP contribution in [-0.4, -0.2) is 25.5 Å². The Bertz CT molecular complexity index is 850. The van der Waals surface area contributed by atoms with Crippen molar-refractivity contribution in [3.63, 3.8) is 0 Å². The second-order valence-electron chi connectivity index (χ2n) is 6.06. The molecule has 0 spiro atoms. The molecule has 130 valence electrons. The Kier molecular flexibility index (Phi) is 4.97. The van der Waals surface area contributed by atoms with Gasteiger partial charge in [-0.1, -0.05) is 30.3 Å². The maximum Gasteiger partial charge on any atom is 0.244 e. The molecular formula is C19H23N5O. The van der Waals surface area contributed by atoms with E-state index in [-0.39, 0.29) is 11.9 Å². The number of aryl methyl sites for hydroxylation is 2. The van der Waals surface area contributed by atoms with E-state index in [1.807, 2.05) is 68.0 Å². The van der Waals surface area contributed by atoms with E-state index < -0.39 is 0 Å². The quantitative estimate of drug-likeness (QED) is 0.752. The Morgan fingerprint density at radius 2 is 2.00 bits per heavy atom. The fourth-order valence-corrected chi connectivity index (χ4v) is 2.79. The summed E-state index contributed by atoms with van der Waals surface area (Å²) in [5, 5.41) is 11.7. The Morgan fingerprint density at radius 3 is 2.72 bits per heavy atom. The summed E-state index contributed by atoms with van der Waals surface area (Å²) in [5.41, 5.74) is 4.05. The van der Waals surface area contributed by atoms with E-state index >= 15 is 0 Å². The number of nitrogens with zero attached hydrogens (tertiary/aromatic N) is 4. The molecule has 6 nitrogen and oxygen atoms in total. The second kappa shape index (κ2) is 7.34. The highest BCUT2D eigenvalue weighted by Crippen LogP contribution is 2.19. The van der Waals surface area contributed by atoms with Crippen LogP contribution in [0.25, 0.3) is 11.1 Å². The van der Waals surface area contributed by atoms with E-state index in [0.717, 1.165) is 29.1 Å². The fraction of sp³-hybridized carbons (Fsp3) is 0.316. The molecule has 0 fully saturated rings. The Hall–Kier alpha value is -2.89. The summed E-state index contributed by atoms with van der Waals surface area (Å²) in [6, 6.07) is 11.6. The lowest BCUT2D eigenvalue weighted by atomic mass is 10.1. The van der Waals surface area contributed by atoms with Crippen molar-refractivity contribution in [2.75, 3.05) is 0 Å². The van der Waals surface area contributed by atoms with Gasteiger partial charge in [0, 0.05) is 18.3 Å². The SMILES string of the molecule is CCn1nc(C)cc1CNC(=O)[C@@H](C)n1cc(-c2ccccc2)cn1. The molecule has 0 aliphatic carbocycles. The van der Waals surface area contributed by atoms with Crippen molar-refractivity contribution in [3.05, 3.63) is 60.2 Å². The highest BCUT2D eigenvalue weighted by atomic mass is 16.2. The predicted molar refractivity (Wildman–Crippen MR) is 96.9 cm³/mol. The number of rotatable bonds is 6. The van der Waals surface area contributed by atoms with Gasteiger partial charge in [-0.2, -0.15) is 10.2 Å². The lowest BCUT2D eigenvalue weighted by Crippen LogP contribution is -2.31. The summed E-state index contributed by atoms with van der Waals surface area (Å²) < 4.78 is 3.60. The van der Waals surface area contributed by atoms with Gasteiger partial charge >= 0.3 is 0 Å². The van der Waals surface area contributed by atoms with Crippen LogP contribution in [0.15, 0.2) is 48.8 Å². The topological polar surface area (TPSA) is 64.7 Å². The molecule has 25 heavy (non-hydrogen) atoms. The van der Waals surface area contributed by atoms with Gasteiger partial charge in [-0.3, -0.25) is 14.2 Å². The maximum absolute atomic E-state index is 12.5. The first-order valence-electron chi connectivity index (χ1n) is 8.49. The second-order valence-corrected chi connectivity index (χ2v) is 6.06. The number of aromatic nitrogens is 4. The zero-order valence-electron chi connectivity index (χ0n) is 14.8. The third-order valence-electron chi connectivity index (χ3n) is 4.21. The number of amides is 1. The van der Waals surface area contributed by atoms with Gasteiger partial charge in [0.2, 0.25) is 5.91 Å². The fourth-order valence-electron chi connectivity index (χ4n) is 2.79. The van der Waals surface area contributed by atoms with E-state index in [2.05, 4.69) is 15.5 Å². The summed E-state index contributed by atoms with van der Waals surface area (Å²) in [5.74, 6) is -0.0655. The number of benzene rings is 1. The van der Waals surface area contributed by atoms with Crippen LogP contribution in [0.2, 0.25) is 0 Å². The third-order valence-corrected chi connectivity index (χ3v) is 4.21. The Labute approximate surface area is 147 Å². The highest BCUT2D eigenvalue weighted by Gasteiger charge is 2.17. The molecule has 1 amide bonds. The molecule has 3 rings (SSSR count). The van der Waals surface area contributed by atoms with Crippen LogP contribution in [-0.2, 0) is 17.9 Å². The molecule has 0 aliphatic heterocycles. The molecular weight excluding hydrogens is 314 g/mol. The molecule has 0 radical (unpaired) electrons. The molecule has 0 bridgehead atoms. The minimum atomic E-state index is -0.378. The number of carbonyl (C=O) groups excluding carboxylic acids is 1. The standard InChI is InChI=1S/C19H23N5O/c1-4-23-18(10-14(2)22-23)12-20-19(25)15(3)24-13-17(11-21-24)16-8-6-5-7-9-16/h5-11,13,15H,4,12H2,1-3H3,(H,20,25)/t15-/m1/s1. The number of hydrogen-bond donors (Lipinski definition) is 1. The maximum atomic E-state index is 12.5. The molecule has 0 saturated heterocycles. The first-order chi connectivity index (χ1) is 12.1. The van der Waals surface area contributed by atoms with Crippen molar-refractivity contribution in [2.45, 2.75) is 39.9 Å². The van der Waals surface area contributed by atoms with Crippen molar-refractivity contribution in [1.29, 1.82) is 0 Å². The average Bonchev–Trinajstić information content (AvgIpc) is 3.26. The van der Waals surface area contributed by atoms with Crippen LogP contribution in [0, 0.1) is 6.92 Å². The Morgan fingerprint density at radius 1 is 1.24 bits per heavy atom. The summed E-state index contributed by atoms with van der Waals surface area (Å²) in [6.07, 6.45) is 3.69. The molecule has 2 heterocycles. The zero-order chi connectivity index (χ0) is 17.8. The van der Waals surface area contributed by atoms with Crippen LogP contribution < -0.4 is 5.32 Å². The van der Waals surface area contributed by atoms with Gasteiger partial charge < -0.3 is 5.32 Å². The van der Waals surface area contributed by atoms with E-state index in [1.54, 1.807) is 10.9 Å². The lowest BCUT2D eigenvalue weighted by Gasteiger charge is -2.13. The van der Waals surface area contributed by atoms with E-state index in [0.29, 0.717) is 6.54 Å². The van der Waals surface area contributed by atoms with Crippen LogP contribution in [0.1, 0.15) is 31.3 Å². The largest absolute Gasteiger partial charge is 0.349 e. The molecule has 0 unspecified atom stereocenters. The van der Waals surface area contributed by atoms with Crippen LogP contribution >= 0.6 is 0 Å². The highest BCUT2D eigenvalue weighted by molar-refractivity contribution is 5.79. The molecule has 6 heteroatoms. The first kappa shape index (κ1) is 17.0. The molecule has 2 aromatic heterocycles. The smallest absolute Gasteiger partial charge is 0.244 e. The zero-order valence-corrected chi connectivity index (χ0v) is 14.8. The van der Waals surface area contributed by atoms with Gasteiger partial charge in [-0.05, 0) is 32.4 Å². The summed E-state index contributed by atoms with van der Waals surface area (Å²) in [4.78, 5) is 12.5. The number of nitrogens with one attached hydrogen (secondary N) is 1. The average molecular weight is 337 g/mol. The van der Waals surface area contributed by atoms with Gasteiger partial charge in [-0.25, -0.2) is 0 Å². The van der Waals surface area contributed by atoms with E-state index in [9.17, 15) is 4.79 Å². The number of carbonyl (C=O) groups is 1. The summed E-state index contributed by atoms with van der Waals surface area (Å²) in [6.45, 7) is 7.09. The van der Waals surface area contributed by atoms with Crippen molar-refractivity contribution in [2.24, 2.45) is 0 Å². The van der Waals surface area contributed by atoms with Gasteiger partial charge in [0.05, 0.1) is 24.1 Å². The van der Waals surface area contributed by atoms with Crippen molar-refractivity contribution < 1.29 is 4.79 Å². The molecule has 0 aliphatic rings. The molecule has 1 aromatic carbocycles. The molecule has 0 saturated carbocycles. The van der Waals surface area contributed by atoms with Gasteiger partial charge in [0.25, 0.3) is 0 Å². The minimum absolute atomic E-state index is 0.0655. The van der Waals surface area contributed by atoms with Crippen LogP contribution in [0.5, 0.6) is 0 Å². The van der Waals surface area contributed by atoms with Gasteiger partial charge in [0.1, 0.15) is 6.04 Å². The third kappa shape index (κ3) is 3.79. The van der Waals surface area contributed by atoms with Crippen molar-refractivity contribution in [3.8, 4) is 11.1 Å². The van der Waals surface area contributed by atoms with Crippen LogP contribution in [0.4, 0.5) is 0 Å². The summed E-state index contributed by atoms with van der Waals surface area (Å²) >= 11 is 0. The minimum Gasteiger partial charge on any atom is -0.349 e. The molecule has 1 atom stereocenters. The van der Waals surface area contributed by atoms with Crippen molar-refractivity contribution in [1.82, 2.24) is 24.9 Å². The summed E-state index contributed by atoms with van der Waals surface area (Å²) in [7, 11) is 0. The van der Waals surface area contributed by atoms with Crippen molar-refractivity contribution >= 4 is 5.91 Å². The molecule has 1 N–H and O–H groups in total. The lowest BCUT2D eigenvalue weighted by molar-refractivity contribution is -0.124. The van der Waals surface area contributed by atoms with Gasteiger partial charge in [-0.15, -0.1) is 0 Å². The first-order valence-corrected chi connectivity index (χ1v) is 8.49.